The van der Waals surface area contributed by atoms with Crippen molar-refractivity contribution in [3.8, 4) is 5.75 Å². The van der Waals surface area contributed by atoms with Crippen LogP contribution in [0.15, 0.2) is 47.4 Å². The van der Waals surface area contributed by atoms with Crippen molar-refractivity contribution in [2.45, 2.75) is 17.4 Å². The monoisotopic (exact) mass is 346 g/mol. The maximum absolute atomic E-state index is 13.0. The molecule has 1 aliphatic heterocycles. The van der Waals surface area contributed by atoms with Crippen molar-refractivity contribution >= 4 is 16.7 Å². The molecule has 128 valence electrons. The van der Waals surface area contributed by atoms with Gasteiger partial charge < -0.3 is 15.2 Å². The van der Waals surface area contributed by atoms with Crippen molar-refractivity contribution in [3.63, 3.8) is 0 Å². The second-order valence-electron chi connectivity index (χ2n) is 5.76. The molecule has 0 fully saturated rings. The third-order valence-electron chi connectivity index (χ3n) is 4.21. The molecule has 0 bridgehead atoms. The molecule has 2 aromatic rings. The van der Waals surface area contributed by atoms with Gasteiger partial charge >= 0.3 is 0 Å². The first kappa shape index (κ1) is 17.0. The van der Waals surface area contributed by atoms with Gasteiger partial charge in [-0.15, -0.1) is 0 Å². The summed E-state index contributed by atoms with van der Waals surface area (Å²) in [5, 5.41) is 13.4. The normalized spacial score (nSPS) is 19.5. The highest BCUT2D eigenvalue weighted by molar-refractivity contribution is 7.86. The van der Waals surface area contributed by atoms with Crippen LogP contribution < -0.4 is 9.62 Å². The van der Waals surface area contributed by atoms with E-state index in [2.05, 4.69) is 11.4 Å². The topological polar surface area (TPSA) is 61.8 Å². The minimum atomic E-state index is -1.37. The number of nitrogens with one attached hydrogen (secondary N) is 1. The lowest BCUT2D eigenvalue weighted by molar-refractivity contribution is 0.193. The summed E-state index contributed by atoms with van der Waals surface area (Å²) in [5.74, 6) is 0.125. The van der Waals surface area contributed by atoms with Crippen molar-refractivity contribution in [3.05, 3.63) is 53.6 Å². The summed E-state index contributed by atoms with van der Waals surface area (Å²) in [4.78, 5) is 0.637. The summed E-state index contributed by atoms with van der Waals surface area (Å²) in [6.07, 6.45) is 0.890. The number of hydrogen-bond donors (Lipinski definition) is 2. The standard InChI is InChI=1S/C18H22N2O3S/c1-20-16-7-4-3-6-14(16)18(19-10-5-11-23-2)15-9-8-13(21)12-17(15)24(20)22/h3-4,6-9,12,18-19,21H,5,10-11H2,1-2H3. The minimum Gasteiger partial charge on any atom is -0.508 e. The van der Waals surface area contributed by atoms with Crippen LogP contribution >= 0.6 is 0 Å². The van der Waals surface area contributed by atoms with Crippen LogP contribution in [0.1, 0.15) is 23.6 Å². The number of methoxy groups -OCH3 is 1. The van der Waals surface area contributed by atoms with Crippen LogP contribution in [0.25, 0.3) is 0 Å². The van der Waals surface area contributed by atoms with Crippen LogP contribution in [0.5, 0.6) is 5.75 Å². The highest BCUT2D eigenvalue weighted by Gasteiger charge is 2.29. The smallest absolute Gasteiger partial charge is 0.153 e. The number of phenols is 1. The molecule has 2 aromatic carbocycles. The summed E-state index contributed by atoms with van der Waals surface area (Å²) >= 11 is 0. The van der Waals surface area contributed by atoms with E-state index in [-0.39, 0.29) is 11.8 Å². The van der Waals surface area contributed by atoms with Crippen molar-refractivity contribution in [1.82, 2.24) is 5.32 Å². The fourth-order valence-corrected chi connectivity index (χ4v) is 4.27. The number of aromatic hydroxyl groups is 1. The van der Waals surface area contributed by atoms with E-state index >= 15 is 0 Å². The lowest BCUT2D eigenvalue weighted by atomic mass is 9.96. The highest BCUT2D eigenvalue weighted by atomic mass is 32.2. The van der Waals surface area contributed by atoms with Gasteiger partial charge in [0.1, 0.15) is 5.75 Å². The number of phenolic OH excluding ortho intramolecular Hbond substituents is 1. The molecule has 0 amide bonds. The number of fused-ring (bicyclic) bond motifs is 2. The fourth-order valence-electron chi connectivity index (χ4n) is 3.02. The summed E-state index contributed by atoms with van der Waals surface area (Å²) in [5.41, 5.74) is 2.94. The number of benzene rings is 2. The number of rotatable bonds is 5. The Balaban J connectivity index is 2.07. The molecule has 0 radical (unpaired) electrons. The molecular formula is C18H22N2O3S. The van der Waals surface area contributed by atoms with Gasteiger partial charge in [0, 0.05) is 20.8 Å². The second-order valence-corrected chi connectivity index (χ2v) is 7.25. The minimum absolute atomic E-state index is 0.0810. The van der Waals surface area contributed by atoms with Gasteiger partial charge in [-0.25, -0.2) is 4.21 Å². The van der Waals surface area contributed by atoms with Gasteiger partial charge in [-0.05, 0) is 42.3 Å². The summed E-state index contributed by atoms with van der Waals surface area (Å²) in [6, 6.07) is 13.0. The molecule has 3 rings (SSSR count). The van der Waals surface area contributed by atoms with Gasteiger partial charge in [0.05, 0.1) is 16.6 Å². The average Bonchev–Trinajstić information content (AvgIpc) is 2.68. The number of hydrogen-bond acceptors (Lipinski definition) is 4. The SMILES string of the molecule is COCCCNC1c2ccccc2N(C)S(=O)c2cc(O)ccc21. The second kappa shape index (κ2) is 7.34. The van der Waals surface area contributed by atoms with Gasteiger partial charge in [0.2, 0.25) is 0 Å². The van der Waals surface area contributed by atoms with Crippen molar-refractivity contribution in [2.75, 3.05) is 31.6 Å². The van der Waals surface area contributed by atoms with Crippen molar-refractivity contribution in [2.24, 2.45) is 0 Å². The lowest BCUT2D eigenvalue weighted by Crippen LogP contribution is -2.25. The summed E-state index contributed by atoms with van der Waals surface area (Å²) in [6.45, 7) is 1.47. The highest BCUT2D eigenvalue weighted by Crippen LogP contribution is 2.39. The van der Waals surface area contributed by atoms with Crippen LogP contribution in [-0.4, -0.2) is 36.6 Å². The Bertz CT molecular complexity index is 751. The Morgan fingerprint density at radius 1 is 1.25 bits per heavy atom. The molecule has 5 nitrogen and oxygen atoms in total. The van der Waals surface area contributed by atoms with E-state index in [1.165, 1.54) is 0 Å². The number of anilines is 1. The summed E-state index contributed by atoms with van der Waals surface area (Å²) < 4.78 is 19.8. The zero-order valence-electron chi connectivity index (χ0n) is 13.9. The third kappa shape index (κ3) is 3.17. The zero-order valence-corrected chi connectivity index (χ0v) is 14.7. The van der Waals surface area contributed by atoms with Crippen LogP contribution in [0, 0.1) is 0 Å². The van der Waals surface area contributed by atoms with Gasteiger partial charge in [-0.3, -0.25) is 4.31 Å². The van der Waals surface area contributed by atoms with E-state index in [4.69, 9.17) is 4.74 Å². The van der Waals surface area contributed by atoms with Crippen LogP contribution in [0.3, 0.4) is 0 Å². The predicted octanol–water partition coefficient (Wildman–Crippen LogP) is 2.58. The van der Waals surface area contributed by atoms with E-state index in [1.807, 2.05) is 31.3 Å². The van der Waals surface area contributed by atoms with E-state index < -0.39 is 11.0 Å². The fraction of sp³-hybridized carbons (Fsp3) is 0.333. The van der Waals surface area contributed by atoms with Gasteiger partial charge in [0.25, 0.3) is 0 Å². The number of nitrogens with zero attached hydrogens (tertiary/aromatic N) is 1. The third-order valence-corrected chi connectivity index (χ3v) is 5.63. The van der Waals surface area contributed by atoms with Crippen LogP contribution in [-0.2, 0) is 15.7 Å². The largest absolute Gasteiger partial charge is 0.508 e. The molecule has 2 N–H and O–H groups in total. The maximum atomic E-state index is 13.0. The molecule has 0 aromatic heterocycles. The van der Waals surface area contributed by atoms with E-state index in [0.29, 0.717) is 11.5 Å². The molecule has 2 atom stereocenters. The number of para-hydroxylation sites is 1. The van der Waals surface area contributed by atoms with E-state index in [0.717, 1.165) is 29.8 Å². The quantitative estimate of drug-likeness (QED) is 0.817. The lowest BCUT2D eigenvalue weighted by Gasteiger charge is -2.22. The maximum Gasteiger partial charge on any atom is 0.153 e. The molecule has 0 saturated carbocycles. The van der Waals surface area contributed by atoms with E-state index in [1.54, 1.807) is 23.5 Å². The van der Waals surface area contributed by atoms with E-state index in [9.17, 15) is 9.32 Å². The van der Waals surface area contributed by atoms with Gasteiger partial charge in [-0.2, -0.15) is 0 Å². The predicted molar refractivity (Wildman–Crippen MR) is 95.7 cm³/mol. The van der Waals surface area contributed by atoms with Crippen molar-refractivity contribution in [1.29, 1.82) is 0 Å². The first-order valence-electron chi connectivity index (χ1n) is 7.93. The average molecular weight is 346 g/mol. The molecule has 0 aliphatic carbocycles. The molecule has 6 heteroatoms. The van der Waals surface area contributed by atoms with Crippen molar-refractivity contribution < 1.29 is 14.1 Å². The molecule has 1 aliphatic rings. The Morgan fingerprint density at radius 2 is 2.04 bits per heavy atom. The Kier molecular flexibility index (Phi) is 5.18. The Hall–Kier alpha value is -1.89. The first-order valence-corrected chi connectivity index (χ1v) is 9.04. The van der Waals surface area contributed by atoms with Crippen LogP contribution in [0.4, 0.5) is 5.69 Å². The number of ether oxygens (including phenoxy) is 1. The van der Waals surface area contributed by atoms with Gasteiger partial charge in [-0.1, -0.05) is 24.3 Å². The molecule has 0 spiro atoms. The Labute approximate surface area is 144 Å². The molecule has 0 saturated heterocycles. The molecule has 2 unspecified atom stereocenters. The molecule has 1 heterocycles. The molecular weight excluding hydrogens is 324 g/mol. The van der Waals surface area contributed by atoms with Crippen LogP contribution in [0.2, 0.25) is 0 Å². The summed E-state index contributed by atoms with van der Waals surface area (Å²) in [7, 11) is 2.14. The van der Waals surface area contributed by atoms with Gasteiger partial charge in [0.15, 0.2) is 11.0 Å². The molecule has 24 heavy (non-hydrogen) atoms. The Morgan fingerprint density at radius 3 is 2.83 bits per heavy atom. The zero-order chi connectivity index (χ0) is 17.1. The first-order chi connectivity index (χ1) is 11.6.